The smallest absolute Gasteiger partial charge is 0.211 e. The second kappa shape index (κ2) is 6.34. The molecule has 4 nitrogen and oxygen atoms in total. The lowest BCUT2D eigenvalue weighted by molar-refractivity contribution is 0.0924. The van der Waals surface area contributed by atoms with Crippen LogP contribution >= 0.6 is 0 Å². The van der Waals surface area contributed by atoms with Gasteiger partial charge in [0.1, 0.15) is 6.26 Å². The highest BCUT2D eigenvalue weighted by molar-refractivity contribution is 5.02. The number of hydrogen-bond acceptors (Lipinski definition) is 4. The van der Waals surface area contributed by atoms with Crippen LogP contribution in [0.25, 0.3) is 0 Å². The van der Waals surface area contributed by atoms with Gasteiger partial charge < -0.3 is 10.2 Å². The summed E-state index contributed by atoms with van der Waals surface area (Å²) in [6.07, 6.45) is 7.43. The fourth-order valence-corrected chi connectivity index (χ4v) is 2.71. The van der Waals surface area contributed by atoms with Crippen molar-refractivity contribution in [1.29, 1.82) is 0 Å². The number of oxazole rings is 1. The lowest BCUT2D eigenvalue weighted by atomic mass is 10.0. The van der Waals surface area contributed by atoms with Crippen molar-refractivity contribution in [2.75, 3.05) is 13.1 Å². The Morgan fingerprint density at radius 3 is 3.06 bits per heavy atom. The van der Waals surface area contributed by atoms with Gasteiger partial charge in [-0.3, -0.25) is 4.90 Å². The minimum Gasteiger partial charge on any atom is -0.447 e. The minimum absolute atomic E-state index is 0.366. The molecule has 0 saturated carbocycles. The minimum atomic E-state index is 0.366. The Kier molecular flexibility index (Phi) is 4.78. The standard InChI is InChI=1S/C14H25N3O/c1-11(2)17-9-4-3-7-13(17)14-16-12(10-18-14)6-5-8-15/h10-11,13H,3-9,15H2,1-2H3. The van der Waals surface area contributed by atoms with E-state index < -0.39 is 0 Å². The fraction of sp³-hybridized carbons (Fsp3) is 0.786. The molecule has 2 N–H and O–H groups in total. The first-order valence-electron chi connectivity index (χ1n) is 7.12. The third-order valence-corrected chi connectivity index (χ3v) is 3.70. The molecule has 2 rings (SSSR count). The molecule has 1 saturated heterocycles. The van der Waals surface area contributed by atoms with Crippen molar-refractivity contribution >= 4 is 0 Å². The summed E-state index contributed by atoms with van der Waals surface area (Å²) < 4.78 is 5.69. The molecule has 2 heterocycles. The molecule has 0 spiro atoms. The molecule has 1 fully saturated rings. The number of aromatic nitrogens is 1. The number of likely N-dealkylation sites (tertiary alicyclic amines) is 1. The largest absolute Gasteiger partial charge is 0.447 e. The van der Waals surface area contributed by atoms with Crippen LogP contribution in [0.1, 0.15) is 57.2 Å². The van der Waals surface area contributed by atoms with Gasteiger partial charge in [0, 0.05) is 6.04 Å². The SMILES string of the molecule is CC(C)N1CCCCC1c1nc(CCCN)co1. The summed E-state index contributed by atoms with van der Waals surface area (Å²) in [5.74, 6) is 0.899. The molecule has 4 heteroatoms. The van der Waals surface area contributed by atoms with Crippen molar-refractivity contribution < 1.29 is 4.42 Å². The molecule has 1 atom stereocenters. The van der Waals surface area contributed by atoms with Crippen LogP contribution in [-0.2, 0) is 6.42 Å². The average Bonchev–Trinajstić information content (AvgIpc) is 2.85. The molecule has 0 radical (unpaired) electrons. The Hall–Kier alpha value is -0.870. The van der Waals surface area contributed by atoms with E-state index in [1.165, 1.54) is 12.8 Å². The highest BCUT2D eigenvalue weighted by atomic mass is 16.3. The van der Waals surface area contributed by atoms with Crippen LogP contribution in [0.5, 0.6) is 0 Å². The van der Waals surface area contributed by atoms with Gasteiger partial charge in [0.25, 0.3) is 0 Å². The van der Waals surface area contributed by atoms with E-state index in [4.69, 9.17) is 10.2 Å². The van der Waals surface area contributed by atoms with Crippen LogP contribution in [0.2, 0.25) is 0 Å². The topological polar surface area (TPSA) is 55.3 Å². The maximum atomic E-state index is 5.69. The Bertz CT molecular complexity index is 362. The second-order valence-electron chi connectivity index (χ2n) is 5.41. The highest BCUT2D eigenvalue weighted by Gasteiger charge is 2.29. The summed E-state index contributed by atoms with van der Waals surface area (Å²) in [5.41, 5.74) is 6.57. The van der Waals surface area contributed by atoms with Crippen molar-refractivity contribution in [2.24, 2.45) is 5.73 Å². The molecular weight excluding hydrogens is 226 g/mol. The first-order valence-corrected chi connectivity index (χ1v) is 7.12. The van der Waals surface area contributed by atoms with Crippen LogP contribution in [0.15, 0.2) is 10.7 Å². The van der Waals surface area contributed by atoms with E-state index in [2.05, 4.69) is 23.7 Å². The Morgan fingerprint density at radius 2 is 2.33 bits per heavy atom. The molecule has 1 aromatic heterocycles. The van der Waals surface area contributed by atoms with E-state index >= 15 is 0 Å². The normalized spacial score (nSPS) is 21.7. The van der Waals surface area contributed by atoms with Crippen molar-refractivity contribution in [1.82, 2.24) is 9.88 Å². The zero-order valence-corrected chi connectivity index (χ0v) is 11.6. The molecule has 0 aliphatic carbocycles. The molecule has 1 aliphatic heterocycles. The Balaban J connectivity index is 2.06. The van der Waals surface area contributed by atoms with E-state index in [1.54, 1.807) is 6.26 Å². The third kappa shape index (κ3) is 3.12. The number of nitrogens with zero attached hydrogens (tertiary/aromatic N) is 2. The van der Waals surface area contributed by atoms with Crippen LogP contribution < -0.4 is 5.73 Å². The van der Waals surface area contributed by atoms with Crippen LogP contribution in [0.3, 0.4) is 0 Å². The second-order valence-corrected chi connectivity index (χ2v) is 5.41. The van der Waals surface area contributed by atoms with Gasteiger partial charge in [-0.2, -0.15) is 0 Å². The third-order valence-electron chi connectivity index (χ3n) is 3.70. The maximum Gasteiger partial charge on any atom is 0.211 e. The Morgan fingerprint density at radius 1 is 1.50 bits per heavy atom. The lowest BCUT2D eigenvalue weighted by Crippen LogP contribution is -2.38. The zero-order chi connectivity index (χ0) is 13.0. The van der Waals surface area contributed by atoms with Crippen molar-refractivity contribution in [3.8, 4) is 0 Å². The maximum absolute atomic E-state index is 5.69. The van der Waals surface area contributed by atoms with Gasteiger partial charge in [-0.1, -0.05) is 6.42 Å². The summed E-state index contributed by atoms with van der Waals surface area (Å²) in [5, 5.41) is 0. The fourth-order valence-electron chi connectivity index (χ4n) is 2.71. The van der Waals surface area contributed by atoms with Gasteiger partial charge in [0.05, 0.1) is 11.7 Å². The summed E-state index contributed by atoms with van der Waals surface area (Å²) in [7, 11) is 0. The van der Waals surface area contributed by atoms with Crippen molar-refractivity contribution in [3.63, 3.8) is 0 Å². The summed E-state index contributed by atoms with van der Waals surface area (Å²) in [6.45, 7) is 6.36. The first kappa shape index (κ1) is 13.6. The highest BCUT2D eigenvalue weighted by Crippen LogP contribution is 2.31. The first-order chi connectivity index (χ1) is 8.72. The number of nitrogens with two attached hydrogens (primary N) is 1. The van der Waals surface area contributed by atoms with Gasteiger partial charge in [-0.05, 0) is 52.6 Å². The molecule has 102 valence electrons. The van der Waals surface area contributed by atoms with E-state index in [0.29, 0.717) is 18.6 Å². The van der Waals surface area contributed by atoms with E-state index in [1.807, 2.05) is 0 Å². The van der Waals surface area contributed by atoms with Crippen LogP contribution in [-0.4, -0.2) is 29.0 Å². The van der Waals surface area contributed by atoms with E-state index in [9.17, 15) is 0 Å². The zero-order valence-electron chi connectivity index (χ0n) is 11.6. The van der Waals surface area contributed by atoms with Crippen LogP contribution in [0.4, 0.5) is 0 Å². The molecule has 1 unspecified atom stereocenters. The molecule has 0 bridgehead atoms. The van der Waals surface area contributed by atoms with Gasteiger partial charge in [-0.15, -0.1) is 0 Å². The average molecular weight is 251 g/mol. The van der Waals surface area contributed by atoms with Crippen molar-refractivity contribution in [2.45, 2.75) is 58.0 Å². The van der Waals surface area contributed by atoms with Gasteiger partial charge in [-0.25, -0.2) is 4.98 Å². The number of aryl methyl sites for hydroxylation is 1. The van der Waals surface area contributed by atoms with E-state index in [0.717, 1.165) is 37.4 Å². The van der Waals surface area contributed by atoms with Crippen molar-refractivity contribution in [3.05, 3.63) is 17.8 Å². The summed E-state index contributed by atoms with van der Waals surface area (Å²) in [6, 6.07) is 0.917. The summed E-state index contributed by atoms with van der Waals surface area (Å²) in [4.78, 5) is 7.14. The quantitative estimate of drug-likeness (QED) is 0.873. The molecule has 18 heavy (non-hydrogen) atoms. The molecule has 0 amide bonds. The van der Waals surface area contributed by atoms with Gasteiger partial charge in [0.2, 0.25) is 5.89 Å². The number of rotatable bonds is 5. The molecule has 0 aromatic carbocycles. The van der Waals surface area contributed by atoms with Gasteiger partial charge in [0.15, 0.2) is 0 Å². The molecular formula is C14H25N3O. The van der Waals surface area contributed by atoms with E-state index in [-0.39, 0.29) is 0 Å². The molecule has 1 aromatic rings. The monoisotopic (exact) mass is 251 g/mol. The lowest BCUT2D eigenvalue weighted by Gasteiger charge is -2.36. The molecule has 1 aliphatic rings. The number of hydrogen-bond donors (Lipinski definition) is 1. The predicted octanol–water partition coefficient (Wildman–Crippen LogP) is 2.50. The van der Waals surface area contributed by atoms with Gasteiger partial charge >= 0.3 is 0 Å². The Labute approximate surface area is 110 Å². The predicted molar refractivity (Wildman–Crippen MR) is 72.3 cm³/mol. The van der Waals surface area contributed by atoms with Crippen LogP contribution in [0, 0.1) is 0 Å². The number of piperidine rings is 1. The summed E-state index contributed by atoms with van der Waals surface area (Å²) >= 11 is 0.